The Bertz CT molecular complexity index is 820. The highest BCUT2D eigenvalue weighted by atomic mass is 16.6. The van der Waals surface area contributed by atoms with Gasteiger partial charge in [-0.2, -0.15) is 0 Å². The number of carbonyl (C=O) groups is 3. The lowest BCUT2D eigenvalue weighted by atomic mass is 10.2. The van der Waals surface area contributed by atoms with E-state index in [9.17, 15) is 14.4 Å². The van der Waals surface area contributed by atoms with Crippen molar-refractivity contribution in [1.82, 2.24) is 29.8 Å². The number of guanidine groups is 1. The molecule has 216 valence electrons. The van der Waals surface area contributed by atoms with Crippen molar-refractivity contribution >= 4 is 24.1 Å². The van der Waals surface area contributed by atoms with Gasteiger partial charge in [-0.25, -0.2) is 9.59 Å². The van der Waals surface area contributed by atoms with Gasteiger partial charge in [-0.05, 0) is 46.7 Å². The van der Waals surface area contributed by atoms with Crippen LogP contribution in [0, 0.1) is 5.41 Å². The van der Waals surface area contributed by atoms with Gasteiger partial charge in [0.05, 0.1) is 6.54 Å². The van der Waals surface area contributed by atoms with Crippen molar-refractivity contribution in [2.75, 3.05) is 85.1 Å². The van der Waals surface area contributed by atoms with Gasteiger partial charge in [-0.1, -0.05) is 0 Å². The van der Waals surface area contributed by atoms with Crippen LogP contribution in [0.15, 0.2) is 0 Å². The number of piperazine rings is 2. The maximum atomic E-state index is 12.4. The Balaban J connectivity index is 1.26. The van der Waals surface area contributed by atoms with E-state index in [-0.39, 0.29) is 24.6 Å². The quantitative estimate of drug-likeness (QED) is 0.269. The molecule has 0 aliphatic carbocycles. The number of carbonyl (C=O) groups excluding carboxylic acids is 2. The van der Waals surface area contributed by atoms with Crippen molar-refractivity contribution in [2.24, 2.45) is 0 Å². The Kier molecular flexibility index (Phi) is 11.0. The molecule has 0 spiro atoms. The average Bonchev–Trinajstić information content (AvgIpc) is 3.17. The molecule has 0 saturated carbocycles. The predicted octanol–water partition coefficient (Wildman–Crippen LogP) is 0.757. The minimum absolute atomic E-state index is 0.0596. The van der Waals surface area contributed by atoms with Gasteiger partial charge in [0.15, 0.2) is 0 Å². The molecule has 13 heteroatoms. The summed E-state index contributed by atoms with van der Waals surface area (Å²) < 4.78 is 10.8. The summed E-state index contributed by atoms with van der Waals surface area (Å²) >= 11 is 0. The van der Waals surface area contributed by atoms with Crippen LogP contribution in [0.25, 0.3) is 0 Å². The first kappa shape index (κ1) is 29.9. The van der Waals surface area contributed by atoms with Gasteiger partial charge in [-0.3, -0.25) is 25.3 Å². The van der Waals surface area contributed by atoms with E-state index in [2.05, 4.69) is 20.0 Å². The zero-order chi connectivity index (χ0) is 27.7. The summed E-state index contributed by atoms with van der Waals surface area (Å²) in [5.74, 6) is -0.686. The highest BCUT2D eigenvalue weighted by molar-refractivity contribution is 5.92. The van der Waals surface area contributed by atoms with Gasteiger partial charge in [0.1, 0.15) is 11.7 Å². The smallest absolute Gasteiger partial charge is 0.414 e. The van der Waals surface area contributed by atoms with E-state index in [1.165, 1.54) is 0 Å². The van der Waals surface area contributed by atoms with Crippen molar-refractivity contribution < 1.29 is 29.0 Å². The first-order valence-corrected chi connectivity index (χ1v) is 13.7. The number of aliphatic carboxylic acids is 1. The van der Waals surface area contributed by atoms with Gasteiger partial charge < -0.3 is 29.3 Å². The van der Waals surface area contributed by atoms with Crippen LogP contribution in [0.5, 0.6) is 0 Å². The molecule has 1 unspecified atom stereocenters. The second-order valence-electron chi connectivity index (χ2n) is 11.2. The largest absolute Gasteiger partial charge is 0.481 e. The Morgan fingerprint density at radius 3 is 2.16 bits per heavy atom. The zero-order valence-corrected chi connectivity index (χ0v) is 23.1. The number of carboxylic acids is 1. The normalized spacial score (nSPS) is 21.9. The monoisotopic (exact) mass is 539 g/mol. The third-order valence-corrected chi connectivity index (χ3v) is 6.95. The topological polar surface area (TPSA) is 142 Å². The number of nitrogens with one attached hydrogen (secondary N) is 2. The fraction of sp³-hybridized carbons (Fsp3) is 0.840. The molecular weight excluding hydrogens is 494 g/mol. The number of amides is 2. The molecule has 3 N–H and O–H groups in total. The molecule has 3 saturated heterocycles. The highest BCUT2D eigenvalue weighted by Gasteiger charge is 2.33. The molecule has 0 aromatic carbocycles. The average molecular weight is 540 g/mol. The third-order valence-electron chi connectivity index (χ3n) is 6.95. The van der Waals surface area contributed by atoms with E-state index in [1.54, 1.807) is 25.7 Å². The molecule has 0 aromatic heterocycles. The van der Waals surface area contributed by atoms with Crippen LogP contribution in [-0.2, 0) is 14.3 Å². The van der Waals surface area contributed by atoms with Crippen molar-refractivity contribution in [1.29, 1.82) is 5.41 Å². The van der Waals surface area contributed by atoms with Crippen LogP contribution in [0.1, 0.15) is 40.0 Å². The number of alkyl carbamates (subject to hydrolysis) is 1. The molecule has 0 radical (unpaired) electrons. The number of nitrogens with zero attached hydrogens (tertiary/aromatic N) is 5. The fourth-order valence-corrected chi connectivity index (χ4v) is 4.95. The molecule has 0 bridgehead atoms. The fourth-order valence-electron chi connectivity index (χ4n) is 4.95. The molecule has 38 heavy (non-hydrogen) atoms. The molecule has 3 aliphatic heterocycles. The van der Waals surface area contributed by atoms with Gasteiger partial charge in [0.25, 0.3) is 0 Å². The van der Waals surface area contributed by atoms with E-state index < -0.39 is 17.7 Å². The Hall–Kier alpha value is -2.64. The van der Waals surface area contributed by atoms with Crippen LogP contribution < -0.4 is 5.32 Å². The summed E-state index contributed by atoms with van der Waals surface area (Å²) in [4.78, 5) is 45.5. The summed E-state index contributed by atoms with van der Waals surface area (Å²) in [5.41, 5.74) is -0.605. The van der Waals surface area contributed by atoms with E-state index in [0.29, 0.717) is 32.6 Å². The summed E-state index contributed by atoms with van der Waals surface area (Å²) in [6.45, 7) is 15.5. The van der Waals surface area contributed by atoms with E-state index >= 15 is 0 Å². The van der Waals surface area contributed by atoms with E-state index in [1.807, 2.05) is 4.90 Å². The molecule has 3 rings (SSSR count). The summed E-state index contributed by atoms with van der Waals surface area (Å²) in [7, 11) is 0. The maximum Gasteiger partial charge on any atom is 0.414 e. The molecule has 0 aromatic rings. The second-order valence-corrected chi connectivity index (χ2v) is 11.2. The molecule has 13 nitrogen and oxygen atoms in total. The SMILES string of the molecule is CC(C)(C)OC(=O)NC(=N)N1CCN(CCCN2CC(CN3CCN(CCCC(=O)O)CC3)OC2=O)CC1. The van der Waals surface area contributed by atoms with Gasteiger partial charge in [0.2, 0.25) is 5.96 Å². The van der Waals surface area contributed by atoms with Crippen molar-refractivity contribution in [3.63, 3.8) is 0 Å². The molecule has 3 heterocycles. The molecule has 3 fully saturated rings. The van der Waals surface area contributed by atoms with Crippen LogP contribution in [-0.4, -0.2) is 151 Å². The van der Waals surface area contributed by atoms with E-state index in [4.69, 9.17) is 20.0 Å². The predicted molar refractivity (Wildman–Crippen MR) is 141 cm³/mol. The lowest BCUT2D eigenvalue weighted by Gasteiger charge is -2.36. The van der Waals surface area contributed by atoms with Crippen molar-refractivity contribution in [2.45, 2.75) is 51.7 Å². The number of hydrogen-bond donors (Lipinski definition) is 3. The van der Waals surface area contributed by atoms with Gasteiger partial charge in [-0.15, -0.1) is 0 Å². The summed E-state index contributed by atoms with van der Waals surface area (Å²) in [5, 5.41) is 19.4. The van der Waals surface area contributed by atoms with Crippen molar-refractivity contribution in [3.8, 4) is 0 Å². The number of ether oxygens (including phenoxy) is 2. The van der Waals surface area contributed by atoms with Crippen LogP contribution in [0.3, 0.4) is 0 Å². The molecule has 2 amide bonds. The number of carboxylic acid groups (broad SMARTS) is 1. The van der Waals surface area contributed by atoms with E-state index in [0.717, 1.165) is 65.3 Å². The van der Waals surface area contributed by atoms with Gasteiger partial charge in [0, 0.05) is 71.9 Å². The highest BCUT2D eigenvalue weighted by Crippen LogP contribution is 2.15. The Morgan fingerprint density at radius 2 is 1.55 bits per heavy atom. The molecule has 3 aliphatic rings. The molecular formula is C25H45N7O6. The second kappa shape index (κ2) is 13.9. The first-order valence-electron chi connectivity index (χ1n) is 13.7. The lowest BCUT2D eigenvalue weighted by molar-refractivity contribution is -0.137. The lowest BCUT2D eigenvalue weighted by Crippen LogP contribution is -2.53. The standard InChI is InChI=1S/C25H45N7O6/c1-25(2,3)38-23(35)27-22(26)31-16-14-29(15-17-31)8-5-9-32-19-20(37-24(32)36)18-30-12-10-28(11-13-30)7-4-6-21(33)34/h20H,4-19H2,1-3H3,(H,33,34)(H2,26,27,35). The number of hydrogen-bond acceptors (Lipinski definition) is 9. The summed E-state index contributed by atoms with van der Waals surface area (Å²) in [6.07, 6.45) is 0.764. The number of rotatable bonds is 10. The van der Waals surface area contributed by atoms with Crippen molar-refractivity contribution in [3.05, 3.63) is 0 Å². The maximum absolute atomic E-state index is 12.4. The number of cyclic esters (lactones) is 1. The third kappa shape index (κ3) is 10.3. The first-order chi connectivity index (χ1) is 18.0. The minimum atomic E-state index is -0.745. The summed E-state index contributed by atoms with van der Waals surface area (Å²) in [6, 6.07) is 0. The van der Waals surface area contributed by atoms with Crippen LogP contribution in [0.4, 0.5) is 9.59 Å². The Labute approximate surface area is 225 Å². The minimum Gasteiger partial charge on any atom is -0.481 e. The molecule has 1 atom stereocenters. The van der Waals surface area contributed by atoms with Gasteiger partial charge >= 0.3 is 18.2 Å². The Morgan fingerprint density at radius 1 is 0.974 bits per heavy atom. The zero-order valence-electron chi connectivity index (χ0n) is 23.1. The van der Waals surface area contributed by atoms with Crippen LogP contribution in [0.2, 0.25) is 0 Å². The van der Waals surface area contributed by atoms with Crippen LogP contribution >= 0.6 is 0 Å².